The third-order valence-electron chi connectivity index (χ3n) is 13.0. The molecule has 2 heteroatoms. The first kappa shape index (κ1) is 38.5. The highest BCUT2D eigenvalue weighted by atomic mass is 32.1. The monoisotopic (exact) mass is 823 g/mol. The van der Waals surface area contributed by atoms with Crippen molar-refractivity contribution in [3.63, 3.8) is 0 Å². The summed E-state index contributed by atoms with van der Waals surface area (Å²) in [4.78, 5) is 3.41. The molecule has 10 aromatic rings. The Morgan fingerprint density at radius 2 is 0.841 bits per heavy atom. The Bertz CT molecular complexity index is 3290. The molecule has 1 aliphatic rings. The minimum absolute atomic E-state index is 0.223. The van der Waals surface area contributed by atoms with E-state index in [1.165, 1.54) is 66.4 Å². The van der Waals surface area contributed by atoms with Gasteiger partial charge in [0.25, 0.3) is 0 Å². The zero-order valence-corrected chi connectivity index (χ0v) is 36.2. The number of anilines is 3. The highest BCUT2D eigenvalue weighted by Crippen LogP contribution is 2.52. The van der Waals surface area contributed by atoms with Crippen LogP contribution in [-0.4, -0.2) is 0 Å². The van der Waals surface area contributed by atoms with E-state index in [1.54, 1.807) is 0 Å². The lowest BCUT2D eigenvalue weighted by Gasteiger charge is -2.30. The Labute approximate surface area is 376 Å². The molecule has 0 atom stereocenters. The van der Waals surface area contributed by atoms with Crippen molar-refractivity contribution in [2.75, 3.05) is 4.90 Å². The summed E-state index contributed by atoms with van der Waals surface area (Å²) in [5.74, 6) is 0. The molecule has 300 valence electrons. The number of hydrogen-bond acceptors (Lipinski definition) is 2. The summed E-state index contributed by atoms with van der Waals surface area (Å²) in [5, 5.41) is 2.54. The Morgan fingerprint density at radius 1 is 0.333 bits per heavy atom. The Morgan fingerprint density at radius 3 is 1.62 bits per heavy atom. The van der Waals surface area contributed by atoms with Gasteiger partial charge >= 0.3 is 0 Å². The Hall–Kier alpha value is -7.39. The third-order valence-corrected chi connectivity index (χ3v) is 13.4. The van der Waals surface area contributed by atoms with Gasteiger partial charge in [-0.3, -0.25) is 0 Å². The van der Waals surface area contributed by atoms with Crippen molar-refractivity contribution in [2.24, 2.45) is 0 Å². The third kappa shape index (κ3) is 6.94. The molecule has 0 bridgehead atoms. The van der Waals surface area contributed by atoms with Crippen LogP contribution in [-0.2, 0) is 5.41 Å². The van der Waals surface area contributed by atoms with Crippen LogP contribution in [0.5, 0.6) is 0 Å². The van der Waals surface area contributed by atoms with Crippen LogP contribution in [0, 0.1) is 0 Å². The summed E-state index contributed by atoms with van der Waals surface area (Å²) in [6.07, 6.45) is 0. The number of fused-ring (bicyclic) bond motifs is 4. The number of nitrogens with zero attached hydrogens (tertiary/aromatic N) is 1. The minimum atomic E-state index is -0.223. The van der Waals surface area contributed by atoms with Gasteiger partial charge in [-0.25, -0.2) is 0 Å². The van der Waals surface area contributed by atoms with Crippen molar-refractivity contribution >= 4 is 40.5 Å². The molecule has 0 aliphatic heterocycles. The van der Waals surface area contributed by atoms with Crippen molar-refractivity contribution in [3.8, 4) is 66.8 Å². The minimum Gasteiger partial charge on any atom is -0.310 e. The van der Waals surface area contributed by atoms with Gasteiger partial charge in [0.2, 0.25) is 0 Å². The average molecular weight is 824 g/mol. The van der Waals surface area contributed by atoms with Crippen LogP contribution in [0.4, 0.5) is 17.1 Å². The van der Waals surface area contributed by atoms with E-state index in [0.29, 0.717) is 0 Å². The van der Waals surface area contributed by atoms with Crippen molar-refractivity contribution < 1.29 is 0 Å². The van der Waals surface area contributed by atoms with Gasteiger partial charge in [-0.15, -0.1) is 12.6 Å². The largest absolute Gasteiger partial charge is 0.310 e. The van der Waals surface area contributed by atoms with Gasteiger partial charge in [0.05, 0.1) is 5.69 Å². The number of rotatable bonds is 8. The maximum absolute atomic E-state index is 4.84. The molecular formula is C61H45NS. The smallest absolute Gasteiger partial charge is 0.0540 e. The molecule has 1 nitrogen and oxygen atoms in total. The van der Waals surface area contributed by atoms with Crippen LogP contribution < -0.4 is 4.90 Å². The SMILES string of the molecule is CC1(C)c2cc(-c3cccc4ccccc34)ccc2-c2ccc(N(c3ccc(-c4ccc(S)c(-c5ccccc5)c4)cc3)c3ccccc3-c3ccc(-c4ccccc4)cc3)cc21. The molecule has 0 radical (unpaired) electrons. The first-order valence-corrected chi connectivity index (χ1v) is 22.2. The molecule has 0 amide bonds. The van der Waals surface area contributed by atoms with Crippen molar-refractivity contribution in [1.82, 2.24) is 0 Å². The second-order valence-corrected chi connectivity index (χ2v) is 17.6. The summed E-state index contributed by atoms with van der Waals surface area (Å²) < 4.78 is 0. The van der Waals surface area contributed by atoms with E-state index in [4.69, 9.17) is 12.6 Å². The van der Waals surface area contributed by atoms with Gasteiger partial charge in [0.15, 0.2) is 0 Å². The quantitative estimate of drug-likeness (QED) is 0.149. The number of para-hydroxylation sites is 1. The summed E-state index contributed by atoms with van der Waals surface area (Å²) in [5.41, 5.74) is 20.3. The van der Waals surface area contributed by atoms with Crippen LogP contribution in [0.3, 0.4) is 0 Å². The van der Waals surface area contributed by atoms with Crippen LogP contribution in [0.1, 0.15) is 25.0 Å². The number of thiol groups is 1. The van der Waals surface area contributed by atoms with E-state index in [2.05, 4.69) is 249 Å². The first-order valence-electron chi connectivity index (χ1n) is 21.7. The summed E-state index contributed by atoms with van der Waals surface area (Å²) >= 11 is 4.84. The molecule has 63 heavy (non-hydrogen) atoms. The number of hydrogen-bond donors (Lipinski definition) is 1. The summed E-state index contributed by atoms with van der Waals surface area (Å²) in [6, 6.07) is 84.0. The Kier molecular flexibility index (Phi) is 9.67. The van der Waals surface area contributed by atoms with Crippen LogP contribution in [0.15, 0.2) is 235 Å². The van der Waals surface area contributed by atoms with Gasteiger partial charge in [-0.2, -0.15) is 0 Å². The lowest BCUT2D eigenvalue weighted by Crippen LogP contribution is -2.17. The molecule has 1 aliphatic carbocycles. The molecule has 0 aromatic heterocycles. The van der Waals surface area contributed by atoms with E-state index in [-0.39, 0.29) is 5.41 Å². The van der Waals surface area contributed by atoms with Gasteiger partial charge in [-0.05, 0) is 132 Å². The molecule has 0 fully saturated rings. The van der Waals surface area contributed by atoms with Crippen molar-refractivity contribution in [1.29, 1.82) is 0 Å². The predicted octanol–water partition coefficient (Wildman–Crippen LogP) is 17.2. The Balaban J connectivity index is 1.02. The topological polar surface area (TPSA) is 3.24 Å². The molecule has 0 heterocycles. The predicted molar refractivity (Wildman–Crippen MR) is 271 cm³/mol. The lowest BCUT2D eigenvalue weighted by molar-refractivity contribution is 0.660. The van der Waals surface area contributed by atoms with E-state index < -0.39 is 0 Å². The van der Waals surface area contributed by atoms with Crippen molar-refractivity contribution in [3.05, 3.63) is 242 Å². The zero-order chi connectivity index (χ0) is 42.5. The summed E-state index contributed by atoms with van der Waals surface area (Å²) in [7, 11) is 0. The zero-order valence-electron chi connectivity index (χ0n) is 35.3. The number of benzene rings is 10. The molecule has 0 N–H and O–H groups in total. The maximum atomic E-state index is 4.84. The van der Waals surface area contributed by atoms with E-state index >= 15 is 0 Å². The molecule has 0 saturated heterocycles. The highest BCUT2D eigenvalue weighted by molar-refractivity contribution is 7.80. The van der Waals surface area contributed by atoms with Crippen LogP contribution >= 0.6 is 12.6 Å². The van der Waals surface area contributed by atoms with Gasteiger partial charge in [0, 0.05) is 27.2 Å². The molecule has 10 aromatic carbocycles. The fraction of sp³-hybridized carbons (Fsp3) is 0.0492. The highest BCUT2D eigenvalue weighted by Gasteiger charge is 2.36. The van der Waals surface area contributed by atoms with Gasteiger partial charge in [-0.1, -0.05) is 196 Å². The van der Waals surface area contributed by atoms with Gasteiger partial charge < -0.3 is 4.90 Å². The molecule has 0 saturated carbocycles. The second kappa shape index (κ2) is 15.8. The first-order chi connectivity index (χ1) is 30.9. The van der Waals surface area contributed by atoms with E-state index in [9.17, 15) is 0 Å². The second-order valence-electron chi connectivity index (χ2n) is 17.1. The lowest BCUT2D eigenvalue weighted by atomic mass is 9.81. The molecular weight excluding hydrogens is 779 g/mol. The van der Waals surface area contributed by atoms with Crippen molar-refractivity contribution in [2.45, 2.75) is 24.2 Å². The van der Waals surface area contributed by atoms with E-state index in [1.807, 2.05) is 0 Å². The molecule has 0 spiro atoms. The normalized spacial score (nSPS) is 12.5. The van der Waals surface area contributed by atoms with E-state index in [0.717, 1.165) is 44.2 Å². The average Bonchev–Trinajstić information content (AvgIpc) is 3.57. The van der Waals surface area contributed by atoms with Crippen LogP contribution in [0.25, 0.3) is 77.5 Å². The summed E-state index contributed by atoms with van der Waals surface area (Å²) in [6.45, 7) is 4.77. The fourth-order valence-corrected chi connectivity index (χ4v) is 9.96. The standard InChI is InChI=1S/C61H45NS/c1-61(2)57-39-48(52-22-13-19-44-18-9-10-20-51(44)52)30-35-54(57)55-36-34-50(40-58(55)61)62(59-23-12-11-21-53(59)46-26-24-42(25-27-46)41-14-5-3-6-15-41)49-32-28-43(29-33-49)47-31-37-60(63)56(38-47)45-16-7-4-8-17-45/h3-40,63H,1-2H3. The molecule has 11 rings (SSSR count). The fourth-order valence-electron chi connectivity index (χ4n) is 9.69. The van der Waals surface area contributed by atoms with Gasteiger partial charge in [0.1, 0.15) is 0 Å². The molecule has 0 unspecified atom stereocenters. The van der Waals surface area contributed by atoms with Crippen LogP contribution in [0.2, 0.25) is 0 Å². The maximum Gasteiger partial charge on any atom is 0.0540 e.